The molecule has 6 heteroatoms. The van der Waals surface area contributed by atoms with Crippen molar-refractivity contribution in [2.45, 2.75) is 31.8 Å². The van der Waals surface area contributed by atoms with Crippen LogP contribution < -0.4 is 10.6 Å². The van der Waals surface area contributed by atoms with Crippen molar-refractivity contribution in [2.75, 3.05) is 53.0 Å². The first kappa shape index (κ1) is 16.5. The third kappa shape index (κ3) is 6.20. The fraction of sp³-hybridized carbons (Fsp3) is 0.933. The van der Waals surface area contributed by atoms with Crippen LogP contribution in [-0.4, -0.2) is 70.1 Å². The number of hydrogen-bond acceptors (Lipinski definition) is 4. The van der Waals surface area contributed by atoms with Crippen molar-refractivity contribution in [2.24, 2.45) is 5.92 Å². The predicted octanol–water partition coefficient (Wildman–Crippen LogP) is 0.823. The number of urea groups is 1. The first-order chi connectivity index (χ1) is 10.3. The normalized spacial score (nSPS) is 24.1. The lowest BCUT2D eigenvalue weighted by atomic mass is 9.97. The van der Waals surface area contributed by atoms with Gasteiger partial charge in [-0.15, -0.1) is 0 Å². The van der Waals surface area contributed by atoms with Crippen molar-refractivity contribution in [3.63, 3.8) is 0 Å². The van der Waals surface area contributed by atoms with Crippen LogP contribution >= 0.6 is 0 Å². The molecule has 0 aromatic carbocycles. The molecule has 2 fully saturated rings. The molecule has 0 aromatic rings. The van der Waals surface area contributed by atoms with Crippen LogP contribution in [0.1, 0.15) is 25.7 Å². The summed E-state index contributed by atoms with van der Waals surface area (Å²) in [6.07, 6.45) is 4.67. The zero-order chi connectivity index (χ0) is 14.9. The summed E-state index contributed by atoms with van der Waals surface area (Å²) in [6.45, 7) is 6.25. The minimum Gasteiger partial charge on any atom is -0.383 e. The van der Waals surface area contributed by atoms with Crippen LogP contribution in [0.25, 0.3) is 0 Å². The Balaban J connectivity index is 1.51. The number of rotatable bonds is 7. The quantitative estimate of drug-likeness (QED) is 0.731. The Morgan fingerprint density at radius 2 is 2.00 bits per heavy atom. The van der Waals surface area contributed by atoms with E-state index in [-0.39, 0.29) is 12.1 Å². The van der Waals surface area contributed by atoms with Crippen LogP contribution in [0.5, 0.6) is 0 Å². The first-order valence-electron chi connectivity index (χ1n) is 8.12. The Kier molecular flexibility index (Phi) is 7.26. The highest BCUT2D eigenvalue weighted by Gasteiger charge is 2.20. The van der Waals surface area contributed by atoms with E-state index in [4.69, 9.17) is 9.47 Å². The number of piperidine rings is 1. The number of hydrogen-bond donors (Lipinski definition) is 2. The maximum atomic E-state index is 11.7. The van der Waals surface area contributed by atoms with Gasteiger partial charge in [0.15, 0.2) is 0 Å². The number of methoxy groups -OCH3 is 1. The van der Waals surface area contributed by atoms with Gasteiger partial charge in [0.2, 0.25) is 0 Å². The van der Waals surface area contributed by atoms with E-state index in [2.05, 4.69) is 15.5 Å². The predicted molar refractivity (Wildman–Crippen MR) is 81.4 cm³/mol. The Bertz CT molecular complexity index is 301. The van der Waals surface area contributed by atoms with Gasteiger partial charge in [0.05, 0.1) is 12.7 Å². The number of likely N-dealkylation sites (tertiary alicyclic amines) is 1. The second kappa shape index (κ2) is 9.23. The smallest absolute Gasteiger partial charge is 0.314 e. The Hall–Kier alpha value is -0.850. The van der Waals surface area contributed by atoms with E-state index >= 15 is 0 Å². The molecule has 2 aliphatic heterocycles. The number of nitrogens with zero attached hydrogens (tertiary/aromatic N) is 1. The Labute approximate surface area is 127 Å². The molecule has 2 N–H and O–H groups in total. The van der Waals surface area contributed by atoms with E-state index < -0.39 is 0 Å². The molecule has 1 atom stereocenters. The largest absolute Gasteiger partial charge is 0.383 e. The molecule has 0 saturated carbocycles. The molecule has 0 spiro atoms. The van der Waals surface area contributed by atoms with Gasteiger partial charge >= 0.3 is 6.03 Å². The molecular formula is C15H29N3O3. The fourth-order valence-electron chi connectivity index (χ4n) is 2.95. The summed E-state index contributed by atoms with van der Waals surface area (Å²) in [5.74, 6) is 0.595. The molecule has 122 valence electrons. The molecule has 0 aromatic heterocycles. The highest BCUT2D eigenvalue weighted by atomic mass is 16.5. The van der Waals surface area contributed by atoms with Crippen molar-refractivity contribution in [1.29, 1.82) is 0 Å². The number of nitrogens with one attached hydrogen (secondary N) is 2. The summed E-state index contributed by atoms with van der Waals surface area (Å²) in [4.78, 5) is 14.2. The van der Waals surface area contributed by atoms with Gasteiger partial charge < -0.3 is 25.0 Å². The number of amides is 2. The Morgan fingerprint density at radius 3 is 2.67 bits per heavy atom. The van der Waals surface area contributed by atoms with Gasteiger partial charge in [0, 0.05) is 33.4 Å². The van der Waals surface area contributed by atoms with Crippen LogP contribution in [0.3, 0.4) is 0 Å². The highest BCUT2D eigenvalue weighted by Crippen LogP contribution is 2.16. The SMILES string of the molecule is COCCN1CCC(CNC(=O)NC[C@@H]2CCCO2)CC1. The summed E-state index contributed by atoms with van der Waals surface area (Å²) in [6, 6.07) is -0.0627. The summed E-state index contributed by atoms with van der Waals surface area (Å²) in [5.41, 5.74) is 0. The van der Waals surface area contributed by atoms with E-state index in [1.807, 2.05) is 0 Å². The van der Waals surface area contributed by atoms with E-state index in [1.165, 1.54) is 0 Å². The third-order valence-corrected chi connectivity index (χ3v) is 4.38. The van der Waals surface area contributed by atoms with Gasteiger partial charge in [-0.2, -0.15) is 0 Å². The molecule has 2 amide bonds. The summed E-state index contributed by atoms with van der Waals surface area (Å²) in [7, 11) is 1.74. The van der Waals surface area contributed by atoms with E-state index in [0.717, 1.165) is 65.1 Å². The van der Waals surface area contributed by atoms with Gasteiger partial charge in [0.25, 0.3) is 0 Å². The number of ether oxygens (including phenoxy) is 2. The third-order valence-electron chi connectivity index (χ3n) is 4.38. The topological polar surface area (TPSA) is 62.8 Å². The van der Waals surface area contributed by atoms with Gasteiger partial charge in [-0.05, 0) is 44.7 Å². The lowest BCUT2D eigenvalue weighted by molar-refractivity contribution is 0.110. The second-order valence-electron chi connectivity index (χ2n) is 6.00. The minimum absolute atomic E-state index is 0.0627. The van der Waals surface area contributed by atoms with E-state index in [9.17, 15) is 4.79 Å². The van der Waals surface area contributed by atoms with Crippen molar-refractivity contribution in [3.05, 3.63) is 0 Å². The molecule has 0 radical (unpaired) electrons. The van der Waals surface area contributed by atoms with Crippen molar-refractivity contribution >= 4 is 6.03 Å². The first-order valence-corrected chi connectivity index (χ1v) is 8.12. The molecule has 2 aliphatic rings. The number of carbonyl (C=O) groups is 1. The fourth-order valence-corrected chi connectivity index (χ4v) is 2.95. The molecular weight excluding hydrogens is 270 g/mol. The maximum absolute atomic E-state index is 11.7. The van der Waals surface area contributed by atoms with Crippen molar-refractivity contribution in [1.82, 2.24) is 15.5 Å². The number of carbonyl (C=O) groups excluding carboxylic acids is 1. The zero-order valence-electron chi connectivity index (χ0n) is 13.1. The monoisotopic (exact) mass is 299 g/mol. The minimum atomic E-state index is -0.0627. The molecule has 0 aliphatic carbocycles. The molecule has 0 bridgehead atoms. The molecule has 6 nitrogen and oxygen atoms in total. The average Bonchev–Trinajstić information content (AvgIpc) is 3.03. The molecule has 2 heterocycles. The van der Waals surface area contributed by atoms with Crippen LogP contribution in [0.4, 0.5) is 4.79 Å². The van der Waals surface area contributed by atoms with Crippen LogP contribution in [0, 0.1) is 5.92 Å². The average molecular weight is 299 g/mol. The molecule has 0 unspecified atom stereocenters. The van der Waals surface area contributed by atoms with Crippen molar-refractivity contribution < 1.29 is 14.3 Å². The second-order valence-corrected chi connectivity index (χ2v) is 6.00. The zero-order valence-corrected chi connectivity index (χ0v) is 13.1. The standard InChI is InChI=1S/C15H29N3O3/c1-20-10-8-18-6-4-13(5-7-18)11-16-15(19)17-12-14-3-2-9-21-14/h13-14H,2-12H2,1H3,(H2,16,17,19)/t14-/m0/s1. The summed E-state index contributed by atoms with van der Waals surface area (Å²) in [5, 5.41) is 5.88. The summed E-state index contributed by atoms with van der Waals surface area (Å²) < 4.78 is 10.6. The van der Waals surface area contributed by atoms with E-state index in [0.29, 0.717) is 12.5 Å². The Morgan fingerprint density at radius 1 is 1.24 bits per heavy atom. The van der Waals surface area contributed by atoms with Gasteiger partial charge in [0.1, 0.15) is 0 Å². The summed E-state index contributed by atoms with van der Waals surface area (Å²) >= 11 is 0. The highest BCUT2D eigenvalue weighted by molar-refractivity contribution is 5.73. The van der Waals surface area contributed by atoms with Crippen LogP contribution in [0.15, 0.2) is 0 Å². The maximum Gasteiger partial charge on any atom is 0.314 e. The van der Waals surface area contributed by atoms with E-state index in [1.54, 1.807) is 7.11 Å². The molecule has 21 heavy (non-hydrogen) atoms. The van der Waals surface area contributed by atoms with Gasteiger partial charge in [-0.25, -0.2) is 4.79 Å². The van der Waals surface area contributed by atoms with Crippen LogP contribution in [-0.2, 0) is 9.47 Å². The van der Waals surface area contributed by atoms with Gasteiger partial charge in [-0.1, -0.05) is 0 Å². The lowest BCUT2D eigenvalue weighted by Crippen LogP contribution is -2.44. The molecule has 2 rings (SSSR count). The molecule has 2 saturated heterocycles. The van der Waals surface area contributed by atoms with Gasteiger partial charge in [-0.3, -0.25) is 0 Å². The van der Waals surface area contributed by atoms with Crippen molar-refractivity contribution in [3.8, 4) is 0 Å². The van der Waals surface area contributed by atoms with Crippen LogP contribution in [0.2, 0.25) is 0 Å². The lowest BCUT2D eigenvalue weighted by Gasteiger charge is -2.31.